The highest BCUT2D eigenvalue weighted by Crippen LogP contribution is 2.55. The van der Waals surface area contributed by atoms with E-state index in [2.05, 4.69) is 0 Å². The number of nitro benzene ring substituents is 1. The molecule has 0 spiro atoms. The zero-order chi connectivity index (χ0) is 27.6. The number of nitro groups is 1. The SMILES string of the molecule is COc1ccc([C@@H]2C=C3c4ccc(C)cc4OC(=O)[C@@H]3[C@H]3C(=O)N(c4cc([N+](=O)[O-])ccc4C)C(=O)[C@@H]32)cc1. The molecule has 6 rings (SSSR count). The molecule has 1 fully saturated rings. The molecule has 9 heteroatoms. The van der Waals surface area contributed by atoms with Crippen molar-refractivity contribution < 1.29 is 28.8 Å². The average Bonchev–Trinajstić information content (AvgIpc) is 3.18. The van der Waals surface area contributed by atoms with E-state index in [1.165, 1.54) is 18.2 Å². The summed E-state index contributed by atoms with van der Waals surface area (Å²) >= 11 is 0. The van der Waals surface area contributed by atoms with Crippen molar-refractivity contribution >= 4 is 34.7 Å². The Balaban J connectivity index is 1.55. The second-order valence-corrected chi connectivity index (χ2v) is 10.1. The van der Waals surface area contributed by atoms with Gasteiger partial charge in [-0.2, -0.15) is 0 Å². The predicted molar refractivity (Wildman–Crippen MR) is 141 cm³/mol. The van der Waals surface area contributed by atoms with Crippen molar-refractivity contribution in [1.29, 1.82) is 0 Å². The van der Waals surface area contributed by atoms with Crippen LogP contribution in [0.1, 0.15) is 28.2 Å². The number of nitrogens with zero attached hydrogens (tertiary/aromatic N) is 2. The molecule has 39 heavy (non-hydrogen) atoms. The fourth-order valence-corrected chi connectivity index (χ4v) is 6.01. The third-order valence-corrected chi connectivity index (χ3v) is 7.90. The van der Waals surface area contributed by atoms with E-state index >= 15 is 0 Å². The minimum absolute atomic E-state index is 0.142. The van der Waals surface area contributed by atoms with Crippen LogP contribution in [0.3, 0.4) is 0 Å². The summed E-state index contributed by atoms with van der Waals surface area (Å²) in [7, 11) is 1.56. The maximum absolute atomic E-state index is 14.1. The Morgan fingerprint density at radius 3 is 2.33 bits per heavy atom. The summed E-state index contributed by atoms with van der Waals surface area (Å²) in [5.41, 5.74) is 3.47. The number of anilines is 1. The molecule has 2 heterocycles. The van der Waals surface area contributed by atoms with Crippen LogP contribution in [0.15, 0.2) is 66.7 Å². The zero-order valence-electron chi connectivity index (χ0n) is 21.4. The fraction of sp³-hybridized carbons (Fsp3) is 0.233. The van der Waals surface area contributed by atoms with E-state index in [9.17, 15) is 24.5 Å². The molecular formula is C30H24N2O7. The lowest BCUT2D eigenvalue weighted by Gasteiger charge is -2.38. The number of benzene rings is 3. The van der Waals surface area contributed by atoms with Gasteiger partial charge in [0.05, 0.1) is 35.5 Å². The fourth-order valence-electron chi connectivity index (χ4n) is 6.01. The number of carbonyl (C=O) groups excluding carboxylic acids is 3. The van der Waals surface area contributed by atoms with E-state index in [1.807, 2.05) is 37.3 Å². The normalized spacial score (nSPS) is 23.4. The number of hydrogen-bond acceptors (Lipinski definition) is 7. The van der Waals surface area contributed by atoms with Crippen molar-refractivity contribution in [2.75, 3.05) is 12.0 Å². The Morgan fingerprint density at radius 1 is 0.923 bits per heavy atom. The van der Waals surface area contributed by atoms with Gasteiger partial charge in [0.25, 0.3) is 5.69 Å². The van der Waals surface area contributed by atoms with E-state index in [-0.39, 0.29) is 11.4 Å². The number of imide groups is 1. The van der Waals surface area contributed by atoms with Crippen LogP contribution in [-0.4, -0.2) is 29.8 Å². The number of amides is 2. The molecule has 0 unspecified atom stereocenters. The molecular weight excluding hydrogens is 500 g/mol. The van der Waals surface area contributed by atoms with Gasteiger partial charge < -0.3 is 9.47 Å². The molecule has 1 saturated heterocycles. The molecule has 3 aromatic rings. The molecule has 3 aliphatic rings. The van der Waals surface area contributed by atoms with Gasteiger partial charge in [0.15, 0.2) is 0 Å². The first-order valence-electron chi connectivity index (χ1n) is 12.5. The van der Waals surface area contributed by atoms with E-state index in [1.54, 1.807) is 32.2 Å². The summed E-state index contributed by atoms with van der Waals surface area (Å²) in [5.74, 6) is -4.08. The highest BCUT2D eigenvalue weighted by atomic mass is 16.6. The quantitative estimate of drug-likeness (QED) is 0.159. The summed E-state index contributed by atoms with van der Waals surface area (Å²) in [6.45, 7) is 3.57. The van der Waals surface area contributed by atoms with E-state index in [4.69, 9.17) is 9.47 Å². The first kappa shape index (κ1) is 24.5. The lowest BCUT2D eigenvalue weighted by Crippen LogP contribution is -2.42. The van der Waals surface area contributed by atoms with Crippen LogP contribution in [0.25, 0.3) is 5.57 Å². The monoisotopic (exact) mass is 524 g/mol. The van der Waals surface area contributed by atoms with Crippen molar-refractivity contribution in [3.05, 3.63) is 99.1 Å². The average molecular weight is 525 g/mol. The van der Waals surface area contributed by atoms with Gasteiger partial charge in [-0.25, -0.2) is 4.90 Å². The van der Waals surface area contributed by atoms with Crippen molar-refractivity contribution in [2.45, 2.75) is 19.8 Å². The van der Waals surface area contributed by atoms with Gasteiger partial charge in [-0.3, -0.25) is 24.5 Å². The maximum Gasteiger partial charge on any atom is 0.319 e. The van der Waals surface area contributed by atoms with Crippen LogP contribution in [0.2, 0.25) is 0 Å². The number of fused-ring (bicyclic) bond motifs is 5. The van der Waals surface area contributed by atoms with Crippen LogP contribution < -0.4 is 14.4 Å². The van der Waals surface area contributed by atoms with Gasteiger partial charge in [-0.1, -0.05) is 36.4 Å². The molecule has 9 nitrogen and oxygen atoms in total. The Hall–Kier alpha value is -4.79. The number of allylic oxidation sites excluding steroid dienone is 1. The summed E-state index contributed by atoms with van der Waals surface area (Å²) in [4.78, 5) is 53.6. The Labute approximate surface area is 223 Å². The lowest BCUT2D eigenvalue weighted by molar-refractivity contribution is -0.384. The van der Waals surface area contributed by atoms with Crippen LogP contribution in [0.4, 0.5) is 11.4 Å². The number of ether oxygens (including phenoxy) is 2. The molecule has 0 bridgehead atoms. The Morgan fingerprint density at radius 2 is 1.64 bits per heavy atom. The molecule has 3 aromatic carbocycles. The Kier molecular flexibility index (Phi) is 5.60. The second-order valence-electron chi connectivity index (χ2n) is 10.1. The minimum atomic E-state index is -1.04. The first-order valence-corrected chi connectivity index (χ1v) is 12.5. The Bertz CT molecular complexity index is 1610. The second kappa shape index (κ2) is 8.90. The van der Waals surface area contributed by atoms with Gasteiger partial charge in [0.2, 0.25) is 11.8 Å². The van der Waals surface area contributed by atoms with Gasteiger partial charge in [0, 0.05) is 23.6 Å². The highest BCUT2D eigenvalue weighted by Gasteiger charge is 2.60. The molecule has 196 valence electrons. The third-order valence-electron chi connectivity index (χ3n) is 7.90. The standard InChI is InChI=1S/C30H24N2O7/c1-15-4-11-20-22-14-21(17-6-9-19(38-3)10-7-17)25-27(26(22)30(35)39-24(20)12-15)29(34)31(28(25)33)23-13-18(32(36)37)8-5-16(23)2/h4-14,21,25-27H,1-3H3/t21-,25+,26-,27-/m0/s1. The number of esters is 1. The summed E-state index contributed by atoms with van der Waals surface area (Å²) < 4.78 is 11.0. The number of rotatable bonds is 4. The zero-order valence-corrected chi connectivity index (χ0v) is 21.4. The van der Waals surface area contributed by atoms with Gasteiger partial charge in [-0.05, 0) is 54.3 Å². The lowest BCUT2D eigenvalue weighted by atomic mass is 9.64. The van der Waals surface area contributed by atoms with E-state index < -0.39 is 46.4 Å². The van der Waals surface area contributed by atoms with Crippen LogP contribution in [0.5, 0.6) is 11.5 Å². The van der Waals surface area contributed by atoms with E-state index in [0.717, 1.165) is 16.0 Å². The predicted octanol–water partition coefficient (Wildman–Crippen LogP) is 4.74. The number of non-ortho nitro benzene ring substituents is 1. The van der Waals surface area contributed by atoms with Crippen molar-refractivity contribution in [3.63, 3.8) is 0 Å². The topological polar surface area (TPSA) is 116 Å². The third kappa shape index (κ3) is 3.72. The molecule has 1 aliphatic carbocycles. The molecule has 0 saturated carbocycles. The van der Waals surface area contributed by atoms with Gasteiger partial charge in [0.1, 0.15) is 11.5 Å². The molecule has 0 aromatic heterocycles. The van der Waals surface area contributed by atoms with Crippen LogP contribution in [-0.2, 0) is 14.4 Å². The summed E-state index contributed by atoms with van der Waals surface area (Å²) in [6.07, 6.45) is 1.90. The minimum Gasteiger partial charge on any atom is -0.497 e. The molecule has 2 aliphatic heterocycles. The number of aryl methyl sites for hydroxylation is 2. The number of hydrogen-bond donors (Lipinski definition) is 0. The van der Waals surface area contributed by atoms with Crippen LogP contribution in [0, 0.1) is 41.7 Å². The molecule has 2 amide bonds. The number of methoxy groups -OCH3 is 1. The van der Waals surface area contributed by atoms with Crippen LogP contribution >= 0.6 is 0 Å². The maximum atomic E-state index is 14.1. The molecule has 4 atom stereocenters. The summed E-state index contributed by atoms with van der Waals surface area (Å²) in [5, 5.41) is 11.5. The van der Waals surface area contributed by atoms with Gasteiger partial charge >= 0.3 is 5.97 Å². The van der Waals surface area contributed by atoms with E-state index in [0.29, 0.717) is 28.2 Å². The van der Waals surface area contributed by atoms with Gasteiger partial charge in [-0.15, -0.1) is 0 Å². The molecule has 0 N–H and O–H groups in total. The highest BCUT2D eigenvalue weighted by molar-refractivity contribution is 6.25. The number of carbonyl (C=O) groups is 3. The first-order chi connectivity index (χ1) is 18.7. The smallest absolute Gasteiger partial charge is 0.319 e. The molecule has 0 radical (unpaired) electrons. The largest absolute Gasteiger partial charge is 0.497 e. The van der Waals surface area contributed by atoms with Crippen molar-refractivity contribution in [1.82, 2.24) is 0 Å². The van der Waals surface area contributed by atoms with Crippen molar-refractivity contribution in [3.8, 4) is 11.5 Å². The van der Waals surface area contributed by atoms with Crippen molar-refractivity contribution in [2.24, 2.45) is 17.8 Å². The summed E-state index contributed by atoms with van der Waals surface area (Å²) in [6, 6.07) is 16.9.